The summed E-state index contributed by atoms with van der Waals surface area (Å²) in [5.74, 6) is -0.181. The minimum Gasteiger partial charge on any atom is -0.321 e. The third kappa shape index (κ3) is 3.37. The van der Waals surface area contributed by atoms with Crippen molar-refractivity contribution >= 4 is 51.8 Å². The number of aryl methyl sites for hydroxylation is 2. The Kier molecular flexibility index (Phi) is 4.78. The molecule has 0 aromatic heterocycles. The van der Waals surface area contributed by atoms with E-state index in [1.54, 1.807) is 12.1 Å². The molecule has 0 spiro atoms. The first kappa shape index (κ1) is 15.4. The largest absolute Gasteiger partial charge is 0.321 e. The minimum absolute atomic E-state index is 0.181. The molecule has 0 bridgehead atoms. The van der Waals surface area contributed by atoms with Gasteiger partial charge in [0.1, 0.15) is 0 Å². The van der Waals surface area contributed by atoms with Crippen molar-refractivity contribution in [3.63, 3.8) is 0 Å². The number of amides is 1. The van der Waals surface area contributed by atoms with Crippen molar-refractivity contribution in [1.82, 2.24) is 0 Å². The van der Waals surface area contributed by atoms with E-state index in [1.165, 1.54) is 0 Å². The van der Waals surface area contributed by atoms with Crippen molar-refractivity contribution in [2.45, 2.75) is 18.7 Å². The predicted molar refractivity (Wildman–Crippen MR) is 90.3 cm³/mol. The van der Waals surface area contributed by atoms with E-state index in [1.807, 2.05) is 32.0 Å². The maximum Gasteiger partial charge on any atom is 0.256 e. The van der Waals surface area contributed by atoms with Crippen LogP contribution in [-0.2, 0) is 0 Å². The Morgan fingerprint density at radius 3 is 2.60 bits per heavy atom. The van der Waals surface area contributed by atoms with Crippen LogP contribution in [0.3, 0.4) is 0 Å². The highest BCUT2D eigenvalue weighted by molar-refractivity contribution is 9.10. The van der Waals surface area contributed by atoms with Crippen LogP contribution in [0.2, 0.25) is 5.02 Å². The molecular weight excluding hydrogens is 358 g/mol. The van der Waals surface area contributed by atoms with E-state index in [2.05, 4.69) is 33.9 Å². The Labute approximate surface area is 137 Å². The van der Waals surface area contributed by atoms with Crippen LogP contribution in [0.15, 0.2) is 39.7 Å². The van der Waals surface area contributed by atoms with Crippen LogP contribution in [0.1, 0.15) is 21.5 Å². The molecule has 0 heterocycles. The third-order valence-corrected chi connectivity index (χ3v) is 4.30. The first-order chi connectivity index (χ1) is 9.38. The maximum absolute atomic E-state index is 12.3. The van der Waals surface area contributed by atoms with Gasteiger partial charge in [0.15, 0.2) is 0 Å². The van der Waals surface area contributed by atoms with E-state index >= 15 is 0 Å². The standard InChI is InChI=1S/C15H13BrClNOS/c1-8-3-4-10(20)6-11(8)15(19)18-14-7-13(17)9(2)5-12(14)16/h3-7,20H,1-2H3,(H,18,19). The van der Waals surface area contributed by atoms with Crippen LogP contribution in [0.25, 0.3) is 0 Å². The molecule has 0 saturated heterocycles. The summed E-state index contributed by atoms with van der Waals surface area (Å²) in [6.07, 6.45) is 0. The molecule has 5 heteroatoms. The van der Waals surface area contributed by atoms with E-state index in [-0.39, 0.29) is 5.91 Å². The lowest BCUT2D eigenvalue weighted by atomic mass is 10.1. The number of carbonyl (C=O) groups is 1. The molecule has 0 aliphatic rings. The highest BCUT2D eigenvalue weighted by atomic mass is 79.9. The van der Waals surface area contributed by atoms with Crippen molar-refractivity contribution in [2.24, 2.45) is 0 Å². The van der Waals surface area contributed by atoms with Gasteiger partial charge in [0, 0.05) is 20.0 Å². The number of rotatable bonds is 2. The van der Waals surface area contributed by atoms with Gasteiger partial charge in [0.05, 0.1) is 5.69 Å². The zero-order valence-electron chi connectivity index (χ0n) is 11.0. The SMILES string of the molecule is Cc1cc(Br)c(NC(=O)c2cc(S)ccc2C)cc1Cl. The Morgan fingerprint density at radius 2 is 1.90 bits per heavy atom. The summed E-state index contributed by atoms with van der Waals surface area (Å²) >= 11 is 13.8. The summed E-state index contributed by atoms with van der Waals surface area (Å²) in [7, 11) is 0. The first-order valence-electron chi connectivity index (χ1n) is 5.95. The highest BCUT2D eigenvalue weighted by Crippen LogP contribution is 2.29. The molecule has 20 heavy (non-hydrogen) atoms. The van der Waals surface area contributed by atoms with Crippen molar-refractivity contribution in [3.05, 3.63) is 56.5 Å². The molecule has 0 fully saturated rings. The van der Waals surface area contributed by atoms with Gasteiger partial charge in [-0.1, -0.05) is 17.7 Å². The number of thiol groups is 1. The summed E-state index contributed by atoms with van der Waals surface area (Å²) in [6, 6.07) is 9.08. The van der Waals surface area contributed by atoms with Gasteiger partial charge < -0.3 is 5.32 Å². The van der Waals surface area contributed by atoms with E-state index in [0.29, 0.717) is 16.3 Å². The van der Waals surface area contributed by atoms with Gasteiger partial charge in [-0.25, -0.2) is 0 Å². The van der Waals surface area contributed by atoms with Crippen LogP contribution in [0.5, 0.6) is 0 Å². The van der Waals surface area contributed by atoms with Gasteiger partial charge in [-0.15, -0.1) is 12.6 Å². The molecule has 0 unspecified atom stereocenters. The molecule has 2 aromatic rings. The molecule has 2 rings (SSSR count). The minimum atomic E-state index is -0.181. The van der Waals surface area contributed by atoms with Gasteiger partial charge in [-0.05, 0) is 65.2 Å². The fourth-order valence-electron chi connectivity index (χ4n) is 1.79. The lowest BCUT2D eigenvalue weighted by molar-refractivity contribution is 0.102. The average Bonchev–Trinajstić information content (AvgIpc) is 2.38. The molecule has 0 aliphatic heterocycles. The van der Waals surface area contributed by atoms with E-state index < -0.39 is 0 Å². The van der Waals surface area contributed by atoms with Crippen molar-refractivity contribution in [3.8, 4) is 0 Å². The van der Waals surface area contributed by atoms with E-state index in [4.69, 9.17) is 11.6 Å². The number of benzene rings is 2. The molecular formula is C15H13BrClNOS. The number of hydrogen-bond acceptors (Lipinski definition) is 2. The van der Waals surface area contributed by atoms with Crippen molar-refractivity contribution in [1.29, 1.82) is 0 Å². The molecule has 0 radical (unpaired) electrons. The number of nitrogens with one attached hydrogen (secondary N) is 1. The second-order valence-electron chi connectivity index (χ2n) is 4.53. The summed E-state index contributed by atoms with van der Waals surface area (Å²) < 4.78 is 0.799. The average molecular weight is 371 g/mol. The Morgan fingerprint density at radius 1 is 1.20 bits per heavy atom. The normalized spacial score (nSPS) is 10.4. The summed E-state index contributed by atoms with van der Waals surface area (Å²) in [4.78, 5) is 13.1. The van der Waals surface area contributed by atoms with Gasteiger partial charge in [-0.2, -0.15) is 0 Å². The topological polar surface area (TPSA) is 29.1 Å². The van der Waals surface area contributed by atoms with Crippen LogP contribution in [-0.4, -0.2) is 5.91 Å². The smallest absolute Gasteiger partial charge is 0.256 e. The third-order valence-electron chi connectivity index (χ3n) is 2.96. The van der Waals surface area contributed by atoms with E-state index in [0.717, 1.165) is 20.5 Å². The molecule has 2 aromatic carbocycles. The number of carbonyl (C=O) groups excluding carboxylic acids is 1. The van der Waals surface area contributed by atoms with Crippen molar-refractivity contribution in [2.75, 3.05) is 5.32 Å². The monoisotopic (exact) mass is 369 g/mol. The molecule has 1 amide bonds. The summed E-state index contributed by atoms with van der Waals surface area (Å²) in [6.45, 7) is 3.80. The molecule has 2 nitrogen and oxygen atoms in total. The fourth-order valence-corrected chi connectivity index (χ4v) is 2.71. The fraction of sp³-hybridized carbons (Fsp3) is 0.133. The lowest BCUT2D eigenvalue weighted by Crippen LogP contribution is -2.14. The van der Waals surface area contributed by atoms with E-state index in [9.17, 15) is 4.79 Å². The van der Waals surface area contributed by atoms with Gasteiger partial charge in [0.25, 0.3) is 5.91 Å². The van der Waals surface area contributed by atoms with Crippen LogP contribution < -0.4 is 5.32 Å². The molecule has 0 saturated carbocycles. The molecule has 1 N–H and O–H groups in total. The zero-order valence-corrected chi connectivity index (χ0v) is 14.2. The Balaban J connectivity index is 2.32. The van der Waals surface area contributed by atoms with Crippen LogP contribution >= 0.6 is 40.2 Å². The highest BCUT2D eigenvalue weighted by Gasteiger charge is 2.12. The molecule has 104 valence electrons. The quantitative estimate of drug-likeness (QED) is 0.694. The molecule has 0 aliphatic carbocycles. The first-order valence-corrected chi connectivity index (χ1v) is 7.57. The second-order valence-corrected chi connectivity index (χ2v) is 6.31. The van der Waals surface area contributed by atoms with Crippen molar-refractivity contribution < 1.29 is 4.79 Å². The van der Waals surface area contributed by atoms with Gasteiger partial charge in [0.2, 0.25) is 0 Å². The number of hydrogen-bond donors (Lipinski definition) is 2. The maximum atomic E-state index is 12.3. The summed E-state index contributed by atoms with van der Waals surface area (Å²) in [5, 5.41) is 3.47. The Bertz CT molecular complexity index is 688. The van der Waals surface area contributed by atoms with Crippen LogP contribution in [0, 0.1) is 13.8 Å². The Hall–Kier alpha value is -0.970. The predicted octanol–water partition coefficient (Wildman–Crippen LogP) is 5.26. The number of anilines is 1. The number of halogens is 2. The lowest BCUT2D eigenvalue weighted by Gasteiger charge is -2.11. The van der Waals surface area contributed by atoms with Gasteiger partial charge >= 0.3 is 0 Å². The second kappa shape index (κ2) is 6.20. The zero-order chi connectivity index (χ0) is 14.9. The molecule has 0 atom stereocenters. The van der Waals surface area contributed by atoms with Gasteiger partial charge in [-0.3, -0.25) is 4.79 Å². The summed E-state index contributed by atoms with van der Waals surface area (Å²) in [5.41, 5.74) is 3.09. The van der Waals surface area contributed by atoms with Crippen LogP contribution in [0.4, 0.5) is 5.69 Å².